The Labute approximate surface area is 165 Å². The van der Waals surface area contributed by atoms with Gasteiger partial charge in [0.15, 0.2) is 5.96 Å². The number of hydrogen-bond donors (Lipinski definition) is 2. The molecule has 0 aliphatic carbocycles. The number of nitrogens with one attached hydrogen (secondary N) is 2. The van der Waals surface area contributed by atoms with Crippen LogP contribution in [0.25, 0.3) is 0 Å². The third-order valence-electron chi connectivity index (χ3n) is 4.46. The highest BCUT2D eigenvalue weighted by Crippen LogP contribution is 2.19. The molecule has 25 heavy (non-hydrogen) atoms. The Kier molecular flexibility index (Phi) is 10.4. The van der Waals surface area contributed by atoms with Crippen molar-refractivity contribution >= 4 is 29.9 Å². The molecule has 2 fully saturated rings. The van der Waals surface area contributed by atoms with Crippen molar-refractivity contribution in [1.82, 2.24) is 20.4 Å². The van der Waals surface area contributed by atoms with Crippen LogP contribution in [0.3, 0.4) is 0 Å². The predicted octanol–water partition coefficient (Wildman–Crippen LogP) is 2.28. The molecule has 1 unspecified atom stereocenters. The minimum absolute atomic E-state index is 0. The average Bonchev–Trinajstić information content (AvgIpc) is 3.14. The molecular formula is C16H31F3IN5. The second-order valence-corrected chi connectivity index (χ2v) is 6.64. The van der Waals surface area contributed by atoms with Crippen LogP contribution in [-0.4, -0.2) is 80.3 Å². The van der Waals surface area contributed by atoms with Gasteiger partial charge in [0, 0.05) is 32.2 Å². The smallest absolute Gasteiger partial charge is 0.357 e. The zero-order valence-electron chi connectivity index (χ0n) is 14.9. The highest BCUT2D eigenvalue weighted by Gasteiger charge is 2.34. The van der Waals surface area contributed by atoms with Gasteiger partial charge >= 0.3 is 6.18 Å². The molecule has 0 saturated carbocycles. The van der Waals surface area contributed by atoms with Crippen molar-refractivity contribution in [2.24, 2.45) is 4.99 Å². The molecule has 2 N–H and O–H groups in total. The number of rotatable bonds is 7. The zero-order chi connectivity index (χ0) is 17.4. The standard InChI is InChI=1S/C16H30F3N5.HI/c1-2-20-15(21-7-5-10-23-8-3-4-9-23)22-14-6-11-24(12-14)13-16(17,18)19;/h14H,2-13H2,1H3,(H2,20,21,22);1H. The third kappa shape index (κ3) is 9.28. The molecule has 0 amide bonds. The fraction of sp³-hybridized carbons (Fsp3) is 0.938. The van der Waals surface area contributed by atoms with E-state index in [0.717, 1.165) is 32.0 Å². The van der Waals surface area contributed by atoms with Crippen LogP contribution in [0.5, 0.6) is 0 Å². The monoisotopic (exact) mass is 477 g/mol. The van der Waals surface area contributed by atoms with Crippen LogP contribution in [0, 0.1) is 0 Å². The zero-order valence-corrected chi connectivity index (χ0v) is 17.3. The molecule has 0 aromatic rings. The lowest BCUT2D eigenvalue weighted by Crippen LogP contribution is -2.45. The summed E-state index contributed by atoms with van der Waals surface area (Å²) in [5.41, 5.74) is 0. The van der Waals surface area contributed by atoms with E-state index in [4.69, 9.17) is 0 Å². The lowest BCUT2D eigenvalue weighted by molar-refractivity contribution is -0.143. The van der Waals surface area contributed by atoms with E-state index in [1.54, 1.807) is 0 Å². The molecular weight excluding hydrogens is 446 g/mol. The van der Waals surface area contributed by atoms with Gasteiger partial charge in [0.25, 0.3) is 0 Å². The maximum absolute atomic E-state index is 12.4. The van der Waals surface area contributed by atoms with E-state index in [2.05, 4.69) is 20.5 Å². The SMILES string of the molecule is CCNC(=NCCCN1CCCC1)NC1CCN(CC(F)(F)F)C1.I. The largest absolute Gasteiger partial charge is 0.401 e. The van der Waals surface area contributed by atoms with Crippen LogP contribution in [0.4, 0.5) is 13.2 Å². The summed E-state index contributed by atoms with van der Waals surface area (Å²) >= 11 is 0. The molecule has 0 aromatic carbocycles. The number of hydrogen-bond acceptors (Lipinski definition) is 3. The van der Waals surface area contributed by atoms with Crippen molar-refractivity contribution in [1.29, 1.82) is 0 Å². The lowest BCUT2D eigenvalue weighted by Gasteiger charge is -2.20. The molecule has 2 rings (SSSR count). The van der Waals surface area contributed by atoms with Crippen molar-refractivity contribution in [3.63, 3.8) is 0 Å². The first-order valence-electron chi connectivity index (χ1n) is 9.02. The second kappa shape index (κ2) is 11.4. The molecule has 0 radical (unpaired) electrons. The number of alkyl halides is 3. The van der Waals surface area contributed by atoms with Gasteiger partial charge < -0.3 is 15.5 Å². The summed E-state index contributed by atoms with van der Waals surface area (Å²) in [6.45, 7) is 7.01. The quantitative estimate of drug-likeness (QED) is 0.256. The van der Waals surface area contributed by atoms with E-state index in [9.17, 15) is 13.2 Å². The van der Waals surface area contributed by atoms with Gasteiger partial charge in [0.1, 0.15) is 0 Å². The fourth-order valence-electron chi connectivity index (χ4n) is 3.35. The summed E-state index contributed by atoms with van der Waals surface area (Å²) in [6, 6.07) is 0.0312. The van der Waals surface area contributed by atoms with Crippen molar-refractivity contribution in [3.8, 4) is 0 Å². The first-order valence-corrected chi connectivity index (χ1v) is 9.02. The Bertz CT molecular complexity index is 400. The first-order chi connectivity index (χ1) is 11.5. The average molecular weight is 477 g/mol. The molecule has 2 heterocycles. The molecule has 1 atom stereocenters. The number of aliphatic imine (C=N–C) groups is 1. The van der Waals surface area contributed by atoms with Crippen LogP contribution in [0.2, 0.25) is 0 Å². The van der Waals surface area contributed by atoms with Gasteiger partial charge in [-0.25, -0.2) is 0 Å². The molecule has 9 heteroatoms. The lowest BCUT2D eigenvalue weighted by atomic mass is 10.3. The van der Waals surface area contributed by atoms with Gasteiger partial charge in [-0.15, -0.1) is 24.0 Å². The maximum atomic E-state index is 12.4. The number of nitrogens with zero attached hydrogens (tertiary/aromatic N) is 3. The minimum Gasteiger partial charge on any atom is -0.357 e. The van der Waals surface area contributed by atoms with Crippen LogP contribution >= 0.6 is 24.0 Å². The van der Waals surface area contributed by atoms with Crippen molar-refractivity contribution in [2.75, 3.05) is 52.4 Å². The minimum atomic E-state index is -4.12. The number of guanidine groups is 1. The molecule has 2 aliphatic rings. The van der Waals surface area contributed by atoms with Crippen molar-refractivity contribution in [3.05, 3.63) is 0 Å². The van der Waals surface area contributed by atoms with Gasteiger partial charge in [-0.1, -0.05) is 0 Å². The highest BCUT2D eigenvalue weighted by atomic mass is 127. The van der Waals surface area contributed by atoms with Gasteiger partial charge in [-0.05, 0) is 52.2 Å². The van der Waals surface area contributed by atoms with Gasteiger partial charge in [-0.2, -0.15) is 13.2 Å². The van der Waals surface area contributed by atoms with E-state index in [1.165, 1.54) is 30.8 Å². The van der Waals surface area contributed by atoms with Crippen LogP contribution in [0.1, 0.15) is 32.6 Å². The molecule has 0 bridgehead atoms. The second-order valence-electron chi connectivity index (χ2n) is 6.64. The Hall–Kier alpha value is -0.290. The summed E-state index contributed by atoms with van der Waals surface area (Å²) < 4.78 is 37.3. The summed E-state index contributed by atoms with van der Waals surface area (Å²) in [4.78, 5) is 8.48. The van der Waals surface area contributed by atoms with E-state index < -0.39 is 12.7 Å². The molecule has 2 saturated heterocycles. The predicted molar refractivity (Wildman–Crippen MR) is 106 cm³/mol. The van der Waals surface area contributed by atoms with E-state index in [1.807, 2.05) is 6.92 Å². The Morgan fingerprint density at radius 2 is 1.88 bits per heavy atom. The summed E-state index contributed by atoms with van der Waals surface area (Å²) in [6.07, 6.45) is 0.200. The van der Waals surface area contributed by atoms with Crippen LogP contribution in [0.15, 0.2) is 4.99 Å². The highest BCUT2D eigenvalue weighted by molar-refractivity contribution is 14.0. The van der Waals surface area contributed by atoms with E-state index in [0.29, 0.717) is 19.5 Å². The van der Waals surface area contributed by atoms with Crippen LogP contribution < -0.4 is 10.6 Å². The summed E-state index contributed by atoms with van der Waals surface area (Å²) in [5.74, 6) is 0.720. The Morgan fingerprint density at radius 1 is 1.16 bits per heavy atom. The summed E-state index contributed by atoms with van der Waals surface area (Å²) in [7, 11) is 0. The topological polar surface area (TPSA) is 42.9 Å². The Morgan fingerprint density at radius 3 is 2.52 bits per heavy atom. The van der Waals surface area contributed by atoms with E-state index >= 15 is 0 Å². The molecule has 5 nitrogen and oxygen atoms in total. The maximum Gasteiger partial charge on any atom is 0.401 e. The van der Waals surface area contributed by atoms with Gasteiger partial charge in [0.2, 0.25) is 0 Å². The molecule has 0 aromatic heterocycles. The Balaban J connectivity index is 0.00000312. The molecule has 0 spiro atoms. The normalized spacial score (nSPS) is 22.9. The van der Waals surface area contributed by atoms with Crippen molar-refractivity contribution < 1.29 is 13.2 Å². The summed E-state index contributed by atoms with van der Waals surface area (Å²) in [5, 5.41) is 6.46. The number of halogens is 4. The molecule has 2 aliphatic heterocycles. The number of likely N-dealkylation sites (tertiary alicyclic amines) is 2. The van der Waals surface area contributed by atoms with Gasteiger partial charge in [-0.3, -0.25) is 9.89 Å². The molecule has 148 valence electrons. The van der Waals surface area contributed by atoms with Crippen LogP contribution in [-0.2, 0) is 0 Å². The fourth-order valence-corrected chi connectivity index (χ4v) is 3.35. The van der Waals surface area contributed by atoms with Crippen molar-refractivity contribution in [2.45, 2.75) is 44.8 Å². The van der Waals surface area contributed by atoms with Gasteiger partial charge in [0.05, 0.1) is 6.54 Å². The third-order valence-corrected chi connectivity index (χ3v) is 4.46. The first kappa shape index (κ1) is 22.8. The van der Waals surface area contributed by atoms with E-state index in [-0.39, 0.29) is 30.0 Å².